The van der Waals surface area contributed by atoms with Crippen molar-refractivity contribution in [1.29, 1.82) is 0 Å². The van der Waals surface area contributed by atoms with Gasteiger partial charge in [0.15, 0.2) is 5.70 Å². The van der Waals surface area contributed by atoms with Crippen LogP contribution in [0.1, 0.15) is 25.0 Å². The van der Waals surface area contributed by atoms with Crippen LogP contribution in [0.2, 0.25) is 0 Å². The van der Waals surface area contributed by atoms with Gasteiger partial charge >= 0.3 is 5.97 Å². The molecule has 2 aromatic carbocycles. The van der Waals surface area contributed by atoms with Crippen molar-refractivity contribution in [3.63, 3.8) is 0 Å². The monoisotopic (exact) mass is 420 g/mol. The molecule has 152 valence electrons. The van der Waals surface area contributed by atoms with Crippen molar-refractivity contribution in [2.75, 3.05) is 13.1 Å². The average Bonchev–Trinajstić information content (AvgIpc) is 3.05. The molecule has 6 nitrogen and oxygen atoms in total. The van der Waals surface area contributed by atoms with Crippen LogP contribution in [0.25, 0.3) is 6.08 Å². The molecule has 0 N–H and O–H groups in total. The molecule has 0 bridgehead atoms. The second-order valence-corrected chi connectivity index (χ2v) is 8.05. The van der Waals surface area contributed by atoms with Crippen LogP contribution in [0.15, 0.2) is 58.0 Å². The molecule has 1 aliphatic rings. The summed E-state index contributed by atoms with van der Waals surface area (Å²) in [5, 5.41) is 0. The van der Waals surface area contributed by atoms with Gasteiger partial charge in [0.05, 0.1) is 4.90 Å². The third-order valence-electron chi connectivity index (χ3n) is 4.32. The van der Waals surface area contributed by atoms with E-state index < -0.39 is 27.6 Å². The number of cyclic esters (lactones) is 1. The van der Waals surface area contributed by atoms with Crippen molar-refractivity contribution < 1.29 is 26.7 Å². The number of sulfonamides is 1. The fraction of sp³-hybridized carbons (Fsp3) is 0.200. The van der Waals surface area contributed by atoms with Gasteiger partial charge in [-0.2, -0.15) is 4.31 Å². The van der Waals surface area contributed by atoms with Crippen LogP contribution in [-0.4, -0.2) is 37.7 Å². The molecule has 0 spiro atoms. The Hall–Kier alpha value is -2.91. The highest BCUT2D eigenvalue weighted by molar-refractivity contribution is 7.89. The molecule has 0 saturated heterocycles. The zero-order valence-corrected chi connectivity index (χ0v) is 16.5. The van der Waals surface area contributed by atoms with Gasteiger partial charge in [-0.15, -0.1) is 0 Å². The largest absolute Gasteiger partial charge is 0.402 e. The van der Waals surface area contributed by atoms with Crippen LogP contribution in [-0.2, 0) is 19.6 Å². The number of halogens is 2. The van der Waals surface area contributed by atoms with Crippen molar-refractivity contribution in [2.24, 2.45) is 4.99 Å². The second kappa shape index (κ2) is 8.22. The van der Waals surface area contributed by atoms with Crippen LogP contribution in [0.4, 0.5) is 8.78 Å². The zero-order chi connectivity index (χ0) is 21.2. The Kier molecular flexibility index (Phi) is 5.90. The summed E-state index contributed by atoms with van der Waals surface area (Å²) in [7, 11) is -3.61. The first-order valence-electron chi connectivity index (χ1n) is 8.84. The number of carbonyl (C=O) groups excluding carboxylic acids is 1. The number of hydrogen-bond acceptors (Lipinski definition) is 5. The normalized spacial score (nSPS) is 15.7. The minimum absolute atomic E-state index is 0.0102. The highest BCUT2D eigenvalue weighted by Gasteiger charge is 2.26. The number of aliphatic imine (C=N–C) groups is 1. The summed E-state index contributed by atoms with van der Waals surface area (Å²) in [4.78, 5) is 16.2. The highest BCUT2D eigenvalue weighted by Crippen LogP contribution is 2.22. The van der Waals surface area contributed by atoms with E-state index in [0.717, 1.165) is 12.1 Å². The molecule has 1 aliphatic heterocycles. The molecule has 0 aliphatic carbocycles. The van der Waals surface area contributed by atoms with Gasteiger partial charge in [0, 0.05) is 30.3 Å². The Morgan fingerprint density at radius 3 is 2.31 bits per heavy atom. The third kappa shape index (κ3) is 4.25. The molecule has 0 aromatic heterocycles. The van der Waals surface area contributed by atoms with Gasteiger partial charge in [0.2, 0.25) is 15.9 Å². The lowest BCUT2D eigenvalue weighted by atomic mass is 10.2. The van der Waals surface area contributed by atoms with Crippen molar-refractivity contribution in [2.45, 2.75) is 18.7 Å². The van der Waals surface area contributed by atoms with Crippen LogP contribution < -0.4 is 0 Å². The summed E-state index contributed by atoms with van der Waals surface area (Å²) in [5.74, 6) is -2.39. The van der Waals surface area contributed by atoms with Gasteiger partial charge in [-0.05, 0) is 42.5 Å². The van der Waals surface area contributed by atoms with E-state index >= 15 is 0 Å². The molecule has 0 radical (unpaired) electrons. The van der Waals surface area contributed by atoms with Crippen molar-refractivity contribution in [3.8, 4) is 0 Å². The fourth-order valence-corrected chi connectivity index (χ4v) is 4.24. The van der Waals surface area contributed by atoms with Crippen molar-refractivity contribution >= 4 is 28.0 Å². The molecular formula is C20H18F2N2O4S. The number of nitrogens with zero attached hydrogens (tertiary/aromatic N) is 2. The summed E-state index contributed by atoms with van der Waals surface area (Å²) in [5.41, 5.74) is 0.231. The Morgan fingerprint density at radius 1 is 1.07 bits per heavy atom. The maximum Gasteiger partial charge on any atom is 0.363 e. The topological polar surface area (TPSA) is 76.0 Å². The van der Waals surface area contributed by atoms with E-state index in [-0.39, 0.29) is 22.1 Å². The summed E-state index contributed by atoms with van der Waals surface area (Å²) in [6.45, 7) is 4.19. The number of carbonyl (C=O) groups is 1. The average molecular weight is 420 g/mol. The Bertz CT molecular complexity index is 1110. The second-order valence-electron chi connectivity index (χ2n) is 6.12. The van der Waals surface area contributed by atoms with Crippen molar-refractivity contribution in [3.05, 3.63) is 70.9 Å². The van der Waals surface area contributed by atoms with Gasteiger partial charge in [-0.1, -0.05) is 13.8 Å². The number of benzene rings is 2. The van der Waals surface area contributed by atoms with E-state index in [1.165, 1.54) is 34.6 Å². The Balaban J connectivity index is 1.89. The third-order valence-corrected chi connectivity index (χ3v) is 6.38. The van der Waals surface area contributed by atoms with Crippen LogP contribution in [0, 0.1) is 11.6 Å². The van der Waals surface area contributed by atoms with Crippen LogP contribution in [0.5, 0.6) is 0 Å². The van der Waals surface area contributed by atoms with E-state index in [1.807, 2.05) is 0 Å². The van der Waals surface area contributed by atoms with E-state index in [2.05, 4.69) is 4.99 Å². The van der Waals surface area contributed by atoms with E-state index in [1.54, 1.807) is 13.8 Å². The number of rotatable bonds is 6. The molecule has 0 amide bonds. The predicted molar refractivity (Wildman–Crippen MR) is 104 cm³/mol. The first-order chi connectivity index (χ1) is 13.8. The molecule has 1 heterocycles. The molecule has 0 unspecified atom stereocenters. The standard InChI is InChI=1S/C20H18F2N2O4S/c1-3-24(4-2)29(26,27)16-9-6-13(7-10-16)19-23-18(20(25)28-19)11-14-5-8-15(21)12-17(14)22/h5-12H,3-4H2,1-2H3. The van der Waals surface area contributed by atoms with Crippen LogP contribution >= 0.6 is 0 Å². The SMILES string of the molecule is CCN(CC)S(=O)(=O)c1ccc(C2=NC(=Cc3ccc(F)cc3F)C(=O)O2)cc1. The summed E-state index contributed by atoms with van der Waals surface area (Å²) in [6, 6.07) is 8.71. The minimum atomic E-state index is -3.61. The number of ether oxygens (including phenoxy) is 1. The fourth-order valence-electron chi connectivity index (χ4n) is 2.78. The number of hydrogen-bond donors (Lipinski definition) is 0. The maximum absolute atomic E-state index is 13.8. The lowest BCUT2D eigenvalue weighted by Gasteiger charge is -2.18. The first kappa shape index (κ1) is 20.8. The quantitative estimate of drug-likeness (QED) is 0.531. The molecule has 0 atom stereocenters. The maximum atomic E-state index is 13.8. The van der Waals surface area contributed by atoms with E-state index in [9.17, 15) is 22.0 Å². The molecule has 9 heteroatoms. The van der Waals surface area contributed by atoms with Gasteiger partial charge in [-0.25, -0.2) is 27.0 Å². The van der Waals surface area contributed by atoms with E-state index in [4.69, 9.17) is 4.74 Å². The Labute approximate surface area is 167 Å². The zero-order valence-electron chi connectivity index (χ0n) is 15.7. The predicted octanol–water partition coefficient (Wildman–Crippen LogP) is 3.34. The van der Waals surface area contributed by atoms with Crippen LogP contribution in [0.3, 0.4) is 0 Å². The Morgan fingerprint density at radius 2 is 1.72 bits per heavy atom. The highest BCUT2D eigenvalue weighted by atomic mass is 32.2. The number of esters is 1. The molecule has 0 fully saturated rings. The van der Waals surface area contributed by atoms with Gasteiger partial charge in [0.1, 0.15) is 11.6 Å². The first-order valence-corrected chi connectivity index (χ1v) is 10.3. The van der Waals surface area contributed by atoms with Crippen molar-refractivity contribution in [1.82, 2.24) is 4.31 Å². The van der Waals surface area contributed by atoms with Gasteiger partial charge in [-0.3, -0.25) is 0 Å². The summed E-state index contributed by atoms with van der Waals surface area (Å²) < 4.78 is 58.3. The smallest absolute Gasteiger partial charge is 0.363 e. The summed E-state index contributed by atoms with van der Waals surface area (Å²) >= 11 is 0. The lowest BCUT2D eigenvalue weighted by molar-refractivity contribution is -0.129. The molecule has 2 aromatic rings. The van der Waals surface area contributed by atoms with Gasteiger partial charge in [0.25, 0.3) is 0 Å². The molecule has 0 saturated carbocycles. The minimum Gasteiger partial charge on any atom is -0.402 e. The van der Waals surface area contributed by atoms with Gasteiger partial charge < -0.3 is 4.74 Å². The molecular weight excluding hydrogens is 402 g/mol. The lowest BCUT2D eigenvalue weighted by Crippen LogP contribution is -2.30. The summed E-state index contributed by atoms with van der Waals surface area (Å²) in [6.07, 6.45) is 1.16. The van der Waals surface area contributed by atoms with E-state index in [0.29, 0.717) is 24.7 Å². The molecule has 3 rings (SSSR count). The molecule has 29 heavy (non-hydrogen) atoms.